The van der Waals surface area contributed by atoms with E-state index in [1.807, 2.05) is 0 Å². The zero-order chi connectivity index (χ0) is 25.5. The van der Waals surface area contributed by atoms with Crippen molar-refractivity contribution in [2.24, 2.45) is 0 Å². The Kier molecular flexibility index (Phi) is 4.90. The molecule has 0 saturated heterocycles. The average Bonchev–Trinajstić information content (AvgIpc) is 3.62. The van der Waals surface area contributed by atoms with Crippen LogP contribution in [0.2, 0.25) is 0 Å². The van der Waals surface area contributed by atoms with Gasteiger partial charge >= 0.3 is 0 Å². The fraction of sp³-hybridized carbons (Fsp3) is 0.167. The summed E-state index contributed by atoms with van der Waals surface area (Å²) in [4.78, 5) is 34.9. The second kappa shape index (κ2) is 8.65. The zero-order valence-corrected chi connectivity index (χ0v) is 19.1. The van der Waals surface area contributed by atoms with Gasteiger partial charge in [0.15, 0.2) is 17.2 Å². The molecule has 36 heavy (non-hydrogen) atoms. The number of amides is 1. The first-order valence-electron chi connectivity index (χ1n) is 11.8. The molecule has 3 N–H and O–H groups in total. The van der Waals surface area contributed by atoms with Gasteiger partial charge in [-0.15, -0.1) is 5.10 Å². The van der Waals surface area contributed by atoms with E-state index in [2.05, 4.69) is 36.2 Å². The Morgan fingerprint density at radius 2 is 2.14 bits per heavy atom. The lowest BCUT2D eigenvalue weighted by Gasteiger charge is -2.13. The molecule has 1 aliphatic rings. The minimum atomic E-state index is -0.399. The fourth-order valence-corrected chi connectivity index (χ4v) is 4.26. The number of carbonyl (C=O) groups is 1. The van der Waals surface area contributed by atoms with Crippen molar-refractivity contribution >= 4 is 28.7 Å². The minimum absolute atomic E-state index is 0.0283. The Morgan fingerprint density at radius 1 is 1.22 bits per heavy atom. The quantitative estimate of drug-likeness (QED) is 0.331. The number of pyridine rings is 2. The Hall–Kier alpha value is -5.00. The molecular weight excluding hydrogens is 462 g/mol. The highest BCUT2D eigenvalue weighted by molar-refractivity contribution is 5.94. The molecule has 12 nitrogen and oxygen atoms in total. The summed E-state index contributed by atoms with van der Waals surface area (Å²) in [6.45, 7) is 0. The van der Waals surface area contributed by atoms with Crippen LogP contribution in [-0.4, -0.2) is 42.3 Å². The molecule has 1 amide bonds. The van der Waals surface area contributed by atoms with Crippen LogP contribution in [-0.2, 0) is 6.42 Å². The van der Waals surface area contributed by atoms with Gasteiger partial charge in [0.05, 0.1) is 17.9 Å². The van der Waals surface area contributed by atoms with E-state index in [-0.39, 0.29) is 29.2 Å². The lowest BCUT2D eigenvalue weighted by molar-refractivity contribution is 0.0928. The van der Waals surface area contributed by atoms with Crippen LogP contribution in [0.15, 0.2) is 70.5 Å². The van der Waals surface area contributed by atoms with E-state index in [4.69, 9.17) is 5.89 Å². The van der Waals surface area contributed by atoms with Crippen LogP contribution in [0.25, 0.3) is 11.5 Å². The summed E-state index contributed by atoms with van der Waals surface area (Å²) in [7, 11) is 1.73. The maximum atomic E-state index is 13.2. The van der Waals surface area contributed by atoms with Gasteiger partial charge in [-0.25, -0.2) is 14.5 Å². The van der Waals surface area contributed by atoms with E-state index in [0.717, 1.165) is 0 Å². The highest BCUT2D eigenvalue weighted by atomic mass is 16.5. The largest absolute Gasteiger partial charge is 0.385 e. The van der Waals surface area contributed by atoms with Gasteiger partial charge in [-0.1, -0.05) is 11.2 Å². The first-order chi connectivity index (χ1) is 18.0. The number of carbonyl (C=O) groups excluding carboxylic acids is 1. The van der Waals surface area contributed by atoms with Crippen LogP contribution in [0.4, 0.5) is 17.2 Å². The molecule has 0 bridgehead atoms. The van der Waals surface area contributed by atoms with Crippen molar-refractivity contribution in [2.45, 2.75) is 18.9 Å². The molecule has 1 atom stereocenters. The van der Waals surface area contributed by atoms with E-state index >= 15 is 0 Å². The molecular formula is C24H21N9O3. The van der Waals surface area contributed by atoms with Crippen LogP contribution in [0.3, 0.4) is 0 Å². The number of fused-ring (bicyclic) bond motifs is 2. The van der Waals surface area contributed by atoms with E-state index in [1.54, 1.807) is 55.8 Å². The van der Waals surface area contributed by atoms with Crippen molar-refractivity contribution in [3.63, 3.8) is 0 Å². The molecule has 1 aliphatic carbocycles. The number of hydrogen-bond donors (Lipinski definition) is 3. The van der Waals surface area contributed by atoms with E-state index in [1.165, 1.54) is 15.3 Å². The van der Waals surface area contributed by atoms with E-state index < -0.39 is 5.91 Å². The SMILES string of the molecule is [2H]c1onc2c1CCC2NC(=O)c1cnc2c(NC)cc(Nc3cccn(-c4ccccn4)c3=O)nn12. The Balaban J connectivity index is 1.33. The summed E-state index contributed by atoms with van der Waals surface area (Å²) in [5, 5.41) is 17.5. The van der Waals surface area contributed by atoms with Crippen LogP contribution >= 0.6 is 0 Å². The van der Waals surface area contributed by atoms with Crippen LogP contribution < -0.4 is 21.5 Å². The second-order valence-corrected chi connectivity index (χ2v) is 8.20. The molecule has 12 heteroatoms. The lowest BCUT2D eigenvalue weighted by atomic mass is 10.2. The predicted octanol–water partition coefficient (Wildman–Crippen LogP) is 2.47. The van der Waals surface area contributed by atoms with Crippen molar-refractivity contribution in [3.8, 4) is 5.82 Å². The molecule has 0 radical (unpaired) electrons. The molecule has 6 rings (SSSR count). The molecule has 5 aromatic heterocycles. The maximum Gasteiger partial charge on any atom is 0.279 e. The number of nitrogens with one attached hydrogen (secondary N) is 3. The summed E-state index contributed by atoms with van der Waals surface area (Å²) >= 11 is 0. The van der Waals surface area contributed by atoms with E-state index in [0.29, 0.717) is 47.1 Å². The maximum absolute atomic E-state index is 13.2. The van der Waals surface area contributed by atoms with Crippen molar-refractivity contribution in [1.82, 2.24) is 34.6 Å². The second-order valence-electron chi connectivity index (χ2n) is 8.20. The highest BCUT2D eigenvalue weighted by Crippen LogP contribution is 2.30. The normalized spacial score (nSPS) is 14.9. The molecule has 1 unspecified atom stereocenters. The summed E-state index contributed by atoms with van der Waals surface area (Å²) in [5.74, 6) is 0.422. The molecule has 5 heterocycles. The van der Waals surface area contributed by atoms with Gasteiger partial charge < -0.3 is 20.5 Å². The van der Waals surface area contributed by atoms with Gasteiger partial charge in [0, 0.05) is 31.1 Å². The fourth-order valence-electron chi connectivity index (χ4n) is 4.26. The molecule has 0 aromatic carbocycles. The minimum Gasteiger partial charge on any atom is -0.385 e. The molecule has 0 fully saturated rings. The summed E-state index contributed by atoms with van der Waals surface area (Å²) in [6.07, 6.45) is 5.95. The monoisotopic (exact) mass is 484 g/mol. The highest BCUT2D eigenvalue weighted by Gasteiger charge is 2.29. The summed E-state index contributed by atoms with van der Waals surface area (Å²) in [5.41, 5.74) is 2.52. The molecule has 0 spiro atoms. The number of hydrogen-bond acceptors (Lipinski definition) is 9. The zero-order valence-electron chi connectivity index (χ0n) is 20.1. The average molecular weight is 484 g/mol. The van der Waals surface area contributed by atoms with Crippen LogP contribution in [0.5, 0.6) is 0 Å². The molecule has 180 valence electrons. The van der Waals surface area contributed by atoms with Crippen LogP contribution in [0, 0.1) is 0 Å². The van der Waals surface area contributed by atoms with Gasteiger partial charge in [0.1, 0.15) is 24.8 Å². The van der Waals surface area contributed by atoms with Gasteiger partial charge in [-0.2, -0.15) is 0 Å². The van der Waals surface area contributed by atoms with Gasteiger partial charge in [-0.3, -0.25) is 14.2 Å². The first-order valence-corrected chi connectivity index (χ1v) is 11.3. The molecule has 0 saturated carbocycles. The number of imidazole rings is 1. The predicted molar refractivity (Wildman–Crippen MR) is 131 cm³/mol. The third-order valence-corrected chi connectivity index (χ3v) is 6.02. The van der Waals surface area contributed by atoms with Crippen molar-refractivity contribution in [1.29, 1.82) is 0 Å². The van der Waals surface area contributed by atoms with Gasteiger partial charge in [-0.05, 0) is 37.1 Å². The third-order valence-electron chi connectivity index (χ3n) is 6.02. The van der Waals surface area contributed by atoms with Gasteiger partial charge in [0.25, 0.3) is 11.5 Å². The van der Waals surface area contributed by atoms with Crippen molar-refractivity contribution in [2.75, 3.05) is 17.7 Å². The Bertz CT molecular complexity index is 1690. The summed E-state index contributed by atoms with van der Waals surface area (Å²) in [6, 6.07) is 10.0. The van der Waals surface area contributed by atoms with Gasteiger partial charge in [0.2, 0.25) is 0 Å². The molecule has 0 aliphatic heterocycles. The first kappa shape index (κ1) is 20.4. The third kappa shape index (κ3) is 3.64. The summed E-state index contributed by atoms with van der Waals surface area (Å²) < 4.78 is 15.6. The standard InChI is InChI=1S/C24H21N9O3/c1-25-17-11-19(28-16-5-4-10-32(24(16)35)20-6-2-3-9-26-20)30-33-18(12-27-22(17)33)23(34)29-15-8-7-14-13-36-31-21(14)15/h2-6,9-13,15,25H,7-8H2,1H3,(H,28,30)(H,29,34)/i13D. The Morgan fingerprint density at radius 3 is 2.97 bits per heavy atom. The molecule has 5 aromatic rings. The number of rotatable bonds is 6. The smallest absolute Gasteiger partial charge is 0.279 e. The number of nitrogens with zero attached hydrogens (tertiary/aromatic N) is 6. The number of aromatic nitrogens is 6. The Labute approximate surface area is 205 Å². The van der Waals surface area contributed by atoms with E-state index in [9.17, 15) is 9.59 Å². The lowest BCUT2D eigenvalue weighted by Crippen LogP contribution is -2.29. The van der Waals surface area contributed by atoms with Crippen molar-refractivity contribution < 1.29 is 10.7 Å². The van der Waals surface area contributed by atoms with Crippen LogP contribution in [0.1, 0.15) is 35.6 Å². The van der Waals surface area contributed by atoms with Crippen molar-refractivity contribution in [3.05, 3.63) is 88.5 Å². The topological polar surface area (TPSA) is 144 Å². The number of anilines is 3.